The van der Waals surface area contributed by atoms with Crippen LogP contribution in [0.4, 0.5) is 4.79 Å². The monoisotopic (exact) mass is 341 g/mol. The molecule has 1 aliphatic rings. The highest BCUT2D eigenvalue weighted by molar-refractivity contribution is 6.07. The molecule has 2 aromatic rings. The SMILES string of the molecule is COc1cc(C)ccc1C1(Cn2cccc(C)c2=O)NC(=O)NC1=O. The number of aromatic nitrogens is 1. The largest absolute Gasteiger partial charge is 0.496 e. The van der Waals surface area contributed by atoms with Gasteiger partial charge in [0.2, 0.25) is 0 Å². The number of amides is 3. The molecule has 0 saturated carbocycles. The maximum atomic E-state index is 12.7. The third-order valence-electron chi connectivity index (χ3n) is 4.38. The van der Waals surface area contributed by atoms with Crippen LogP contribution in [-0.4, -0.2) is 23.6 Å². The molecule has 1 aliphatic heterocycles. The Balaban J connectivity index is 2.19. The van der Waals surface area contributed by atoms with Crippen molar-refractivity contribution in [3.05, 3.63) is 63.6 Å². The number of ether oxygens (including phenoxy) is 1. The molecule has 1 unspecified atom stereocenters. The fourth-order valence-corrected chi connectivity index (χ4v) is 3.07. The van der Waals surface area contributed by atoms with E-state index in [-0.39, 0.29) is 12.1 Å². The Kier molecular flexibility index (Phi) is 4.08. The first-order valence-electron chi connectivity index (χ1n) is 7.82. The van der Waals surface area contributed by atoms with Gasteiger partial charge in [-0.05, 0) is 31.5 Å². The van der Waals surface area contributed by atoms with E-state index in [9.17, 15) is 14.4 Å². The molecule has 1 fully saturated rings. The summed E-state index contributed by atoms with van der Waals surface area (Å²) in [5.74, 6) is -0.0499. The molecule has 7 nitrogen and oxygen atoms in total. The van der Waals surface area contributed by atoms with Crippen molar-refractivity contribution < 1.29 is 14.3 Å². The van der Waals surface area contributed by atoms with E-state index in [1.54, 1.807) is 37.4 Å². The molecule has 0 spiro atoms. The molecule has 3 amide bonds. The predicted molar refractivity (Wildman–Crippen MR) is 91.5 cm³/mol. The molecule has 3 rings (SSSR count). The average molecular weight is 341 g/mol. The number of pyridine rings is 1. The lowest BCUT2D eigenvalue weighted by molar-refractivity contribution is -0.124. The molecule has 0 radical (unpaired) electrons. The number of nitrogens with one attached hydrogen (secondary N) is 2. The Morgan fingerprint density at radius 1 is 1.16 bits per heavy atom. The summed E-state index contributed by atoms with van der Waals surface area (Å²) in [6.07, 6.45) is 1.59. The van der Waals surface area contributed by atoms with E-state index in [0.29, 0.717) is 16.9 Å². The highest BCUT2D eigenvalue weighted by Crippen LogP contribution is 2.34. The molecule has 1 aromatic heterocycles. The maximum Gasteiger partial charge on any atom is 0.322 e. The van der Waals surface area contributed by atoms with Crippen molar-refractivity contribution in [2.45, 2.75) is 25.9 Å². The highest BCUT2D eigenvalue weighted by atomic mass is 16.5. The van der Waals surface area contributed by atoms with E-state index in [2.05, 4.69) is 10.6 Å². The number of carbonyl (C=O) groups is 2. The first-order chi connectivity index (χ1) is 11.9. The minimum atomic E-state index is -1.42. The van der Waals surface area contributed by atoms with Crippen molar-refractivity contribution in [2.75, 3.05) is 7.11 Å². The molecule has 2 heterocycles. The van der Waals surface area contributed by atoms with Gasteiger partial charge in [0.25, 0.3) is 11.5 Å². The van der Waals surface area contributed by atoms with Gasteiger partial charge in [0.15, 0.2) is 5.54 Å². The van der Waals surface area contributed by atoms with Crippen molar-refractivity contribution in [2.24, 2.45) is 0 Å². The number of nitrogens with zero attached hydrogens (tertiary/aromatic N) is 1. The van der Waals surface area contributed by atoms with Gasteiger partial charge in [-0.2, -0.15) is 0 Å². The van der Waals surface area contributed by atoms with Crippen molar-refractivity contribution in [1.29, 1.82) is 0 Å². The van der Waals surface area contributed by atoms with E-state index < -0.39 is 17.5 Å². The summed E-state index contributed by atoms with van der Waals surface area (Å²) in [5.41, 5.74) is 0.360. The molecule has 2 N–H and O–H groups in total. The molecular formula is C18H19N3O4. The van der Waals surface area contributed by atoms with Crippen LogP contribution < -0.4 is 20.9 Å². The van der Waals surface area contributed by atoms with Gasteiger partial charge >= 0.3 is 6.03 Å². The minimum absolute atomic E-state index is 0.0372. The smallest absolute Gasteiger partial charge is 0.322 e. The van der Waals surface area contributed by atoms with E-state index >= 15 is 0 Å². The summed E-state index contributed by atoms with van der Waals surface area (Å²) >= 11 is 0. The molecular weight excluding hydrogens is 322 g/mol. The first-order valence-corrected chi connectivity index (χ1v) is 7.82. The second-order valence-corrected chi connectivity index (χ2v) is 6.14. The Bertz CT molecular complexity index is 919. The van der Waals surface area contributed by atoms with Crippen LogP contribution in [0.3, 0.4) is 0 Å². The summed E-state index contributed by atoms with van der Waals surface area (Å²) in [5, 5.41) is 4.95. The van der Waals surface area contributed by atoms with E-state index in [0.717, 1.165) is 5.56 Å². The lowest BCUT2D eigenvalue weighted by atomic mass is 9.88. The van der Waals surface area contributed by atoms with Crippen LogP contribution in [0.15, 0.2) is 41.3 Å². The van der Waals surface area contributed by atoms with Gasteiger partial charge in [-0.25, -0.2) is 4.79 Å². The molecule has 1 atom stereocenters. The van der Waals surface area contributed by atoms with Gasteiger partial charge in [0.05, 0.1) is 13.7 Å². The zero-order valence-electron chi connectivity index (χ0n) is 14.3. The molecule has 0 bridgehead atoms. The summed E-state index contributed by atoms with van der Waals surface area (Å²) in [6.45, 7) is 3.56. The van der Waals surface area contributed by atoms with Crippen LogP contribution in [0, 0.1) is 13.8 Å². The quantitative estimate of drug-likeness (QED) is 0.818. The second kappa shape index (κ2) is 6.08. The summed E-state index contributed by atoms with van der Waals surface area (Å²) in [6, 6.07) is 8.18. The van der Waals surface area contributed by atoms with Gasteiger partial charge in [0, 0.05) is 17.3 Å². The predicted octanol–water partition coefficient (Wildman–Crippen LogP) is 1.21. The van der Waals surface area contributed by atoms with Crippen LogP contribution in [0.2, 0.25) is 0 Å². The van der Waals surface area contributed by atoms with Crippen molar-refractivity contribution in [1.82, 2.24) is 15.2 Å². The van der Waals surface area contributed by atoms with E-state index in [4.69, 9.17) is 4.74 Å². The summed E-state index contributed by atoms with van der Waals surface area (Å²) in [7, 11) is 1.50. The van der Waals surface area contributed by atoms with Crippen LogP contribution in [0.25, 0.3) is 0 Å². The molecule has 1 aromatic carbocycles. The van der Waals surface area contributed by atoms with Crippen molar-refractivity contribution in [3.8, 4) is 5.75 Å². The third kappa shape index (κ3) is 2.77. The number of aryl methyl sites for hydroxylation is 2. The zero-order chi connectivity index (χ0) is 18.2. The minimum Gasteiger partial charge on any atom is -0.496 e. The van der Waals surface area contributed by atoms with Crippen molar-refractivity contribution in [3.63, 3.8) is 0 Å². The van der Waals surface area contributed by atoms with Crippen LogP contribution in [0.1, 0.15) is 16.7 Å². The fraction of sp³-hybridized carbons (Fsp3) is 0.278. The number of carbonyl (C=O) groups excluding carboxylic acids is 2. The molecule has 1 saturated heterocycles. The molecule has 0 aliphatic carbocycles. The third-order valence-corrected chi connectivity index (χ3v) is 4.38. The Labute approximate surface area is 144 Å². The number of rotatable bonds is 4. The number of methoxy groups -OCH3 is 1. The van der Waals surface area contributed by atoms with E-state index in [1.807, 2.05) is 13.0 Å². The number of urea groups is 1. The second-order valence-electron chi connectivity index (χ2n) is 6.14. The normalized spacial score (nSPS) is 19.5. The number of hydrogen-bond donors (Lipinski definition) is 2. The van der Waals surface area contributed by atoms with Gasteiger partial charge in [-0.3, -0.25) is 14.9 Å². The first kappa shape index (κ1) is 16.8. The Morgan fingerprint density at radius 3 is 2.56 bits per heavy atom. The van der Waals surface area contributed by atoms with Crippen LogP contribution >= 0.6 is 0 Å². The topological polar surface area (TPSA) is 89.4 Å². The van der Waals surface area contributed by atoms with Gasteiger partial charge < -0.3 is 14.6 Å². The standard InChI is InChI=1S/C18H19N3O4/c1-11-6-7-13(14(9-11)25-3)18(16(23)19-17(24)20-18)10-21-8-4-5-12(2)15(21)22/h4-9H,10H2,1-3H3,(H2,19,20,23,24). The maximum absolute atomic E-state index is 12.7. The van der Waals surface area contributed by atoms with Gasteiger partial charge in [-0.1, -0.05) is 18.2 Å². The molecule has 7 heteroatoms. The van der Waals surface area contributed by atoms with Crippen LogP contribution in [-0.2, 0) is 16.9 Å². The molecule has 130 valence electrons. The summed E-state index contributed by atoms with van der Waals surface area (Å²) < 4.78 is 6.84. The molecule has 25 heavy (non-hydrogen) atoms. The highest BCUT2D eigenvalue weighted by Gasteiger charge is 2.49. The fourth-order valence-electron chi connectivity index (χ4n) is 3.07. The number of imide groups is 1. The van der Waals surface area contributed by atoms with Gasteiger partial charge in [-0.15, -0.1) is 0 Å². The number of benzene rings is 1. The Morgan fingerprint density at radius 2 is 1.92 bits per heavy atom. The van der Waals surface area contributed by atoms with Crippen molar-refractivity contribution >= 4 is 11.9 Å². The Hall–Kier alpha value is -3.09. The lowest BCUT2D eigenvalue weighted by Gasteiger charge is -2.29. The lowest BCUT2D eigenvalue weighted by Crippen LogP contribution is -2.49. The van der Waals surface area contributed by atoms with Gasteiger partial charge in [0.1, 0.15) is 5.75 Å². The summed E-state index contributed by atoms with van der Waals surface area (Å²) in [4.78, 5) is 37.0. The number of hydrogen-bond acceptors (Lipinski definition) is 4. The van der Waals surface area contributed by atoms with Crippen LogP contribution in [0.5, 0.6) is 5.75 Å². The zero-order valence-corrected chi connectivity index (χ0v) is 14.3. The van der Waals surface area contributed by atoms with E-state index in [1.165, 1.54) is 11.7 Å². The average Bonchev–Trinajstić information content (AvgIpc) is 2.86.